The molecule has 0 amide bonds. The Morgan fingerprint density at radius 3 is 2.30 bits per heavy atom. The first-order chi connectivity index (χ1) is 4.70. The third kappa shape index (κ3) is 4.77. The van der Waals surface area contributed by atoms with Crippen molar-refractivity contribution in [3.8, 4) is 0 Å². The standard InChI is InChI=1S/C8H20N2/c1-3-8(10)5-4-7(2)6-9/h7-8H,3-6,9-10H2,1-2H3/t7?,8-/m1/s1. The van der Waals surface area contributed by atoms with Gasteiger partial charge in [0.15, 0.2) is 0 Å². The van der Waals surface area contributed by atoms with Crippen LogP contribution < -0.4 is 11.5 Å². The van der Waals surface area contributed by atoms with E-state index in [1.165, 1.54) is 6.42 Å². The minimum atomic E-state index is 0.383. The second kappa shape index (κ2) is 5.69. The monoisotopic (exact) mass is 144 g/mol. The zero-order valence-corrected chi connectivity index (χ0v) is 7.14. The molecule has 0 spiro atoms. The minimum Gasteiger partial charge on any atom is -0.330 e. The summed E-state index contributed by atoms with van der Waals surface area (Å²) in [5.74, 6) is 0.637. The van der Waals surface area contributed by atoms with E-state index in [1.807, 2.05) is 0 Å². The Hall–Kier alpha value is -0.0800. The summed E-state index contributed by atoms with van der Waals surface area (Å²) >= 11 is 0. The van der Waals surface area contributed by atoms with Crippen LogP contribution in [0.25, 0.3) is 0 Å². The van der Waals surface area contributed by atoms with Crippen molar-refractivity contribution in [2.75, 3.05) is 6.54 Å². The van der Waals surface area contributed by atoms with Crippen molar-refractivity contribution in [1.82, 2.24) is 0 Å². The molecule has 62 valence electrons. The van der Waals surface area contributed by atoms with Crippen molar-refractivity contribution in [2.24, 2.45) is 17.4 Å². The number of rotatable bonds is 5. The van der Waals surface area contributed by atoms with E-state index in [4.69, 9.17) is 11.5 Å². The average molecular weight is 144 g/mol. The number of hydrogen-bond acceptors (Lipinski definition) is 2. The van der Waals surface area contributed by atoms with Crippen molar-refractivity contribution >= 4 is 0 Å². The third-order valence-electron chi connectivity index (χ3n) is 1.96. The molecule has 0 saturated carbocycles. The fourth-order valence-corrected chi connectivity index (χ4v) is 0.821. The smallest absolute Gasteiger partial charge is 0.00363 e. The van der Waals surface area contributed by atoms with Gasteiger partial charge in [0.25, 0.3) is 0 Å². The van der Waals surface area contributed by atoms with Crippen molar-refractivity contribution in [2.45, 2.75) is 39.2 Å². The summed E-state index contributed by atoms with van der Waals surface area (Å²) < 4.78 is 0. The lowest BCUT2D eigenvalue weighted by molar-refractivity contribution is 0.469. The Balaban J connectivity index is 3.17. The van der Waals surface area contributed by atoms with E-state index in [9.17, 15) is 0 Å². The molecule has 0 saturated heterocycles. The van der Waals surface area contributed by atoms with Crippen LogP contribution in [0.5, 0.6) is 0 Å². The fraction of sp³-hybridized carbons (Fsp3) is 1.00. The molecular formula is C8H20N2. The molecule has 2 heteroatoms. The summed E-state index contributed by atoms with van der Waals surface area (Å²) in [6.45, 7) is 5.08. The zero-order valence-electron chi connectivity index (χ0n) is 7.14. The number of hydrogen-bond donors (Lipinski definition) is 2. The van der Waals surface area contributed by atoms with Gasteiger partial charge in [-0.15, -0.1) is 0 Å². The molecule has 4 N–H and O–H groups in total. The summed E-state index contributed by atoms with van der Waals surface area (Å²) in [5.41, 5.74) is 11.2. The van der Waals surface area contributed by atoms with Gasteiger partial charge in [-0.2, -0.15) is 0 Å². The molecule has 10 heavy (non-hydrogen) atoms. The molecule has 1 unspecified atom stereocenters. The lowest BCUT2D eigenvalue weighted by Gasteiger charge is -2.11. The van der Waals surface area contributed by atoms with E-state index < -0.39 is 0 Å². The van der Waals surface area contributed by atoms with Gasteiger partial charge in [0, 0.05) is 6.04 Å². The van der Waals surface area contributed by atoms with E-state index in [2.05, 4.69) is 13.8 Å². The molecule has 2 nitrogen and oxygen atoms in total. The third-order valence-corrected chi connectivity index (χ3v) is 1.96. The topological polar surface area (TPSA) is 52.0 Å². The van der Waals surface area contributed by atoms with Crippen LogP contribution in [-0.4, -0.2) is 12.6 Å². The molecule has 0 aromatic heterocycles. The predicted molar refractivity (Wildman–Crippen MR) is 45.7 cm³/mol. The summed E-state index contributed by atoms with van der Waals surface area (Å²) in [4.78, 5) is 0. The van der Waals surface area contributed by atoms with Gasteiger partial charge in [0.2, 0.25) is 0 Å². The van der Waals surface area contributed by atoms with Crippen molar-refractivity contribution in [1.29, 1.82) is 0 Å². The van der Waals surface area contributed by atoms with Gasteiger partial charge in [-0.25, -0.2) is 0 Å². The van der Waals surface area contributed by atoms with E-state index >= 15 is 0 Å². The molecule has 0 bridgehead atoms. The molecule has 0 aliphatic carbocycles. The van der Waals surface area contributed by atoms with Crippen LogP contribution in [0.1, 0.15) is 33.1 Å². The van der Waals surface area contributed by atoms with Crippen molar-refractivity contribution < 1.29 is 0 Å². The highest BCUT2D eigenvalue weighted by molar-refractivity contribution is 4.61. The molecule has 0 aliphatic rings. The molecule has 0 aromatic rings. The average Bonchev–Trinajstić information content (AvgIpc) is 1.99. The van der Waals surface area contributed by atoms with Gasteiger partial charge >= 0.3 is 0 Å². The van der Waals surface area contributed by atoms with Crippen LogP contribution in [0.15, 0.2) is 0 Å². The van der Waals surface area contributed by atoms with E-state index in [0.29, 0.717) is 12.0 Å². The van der Waals surface area contributed by atoms with Crippen LogP contribution in [-0.2, 0) is 0 Å². The lowest BCUT2D eigenvalue weighted by atomic mass is 10.0. The summed E-state index contributed by atoms with van der Waals surface area (Å²) in [6, 6.07) is 0.383. The Labute approximate surface area is 64.0 Å². The first-order valence-corrected chi connectivity index (χ1v) is 4.16. The second-order valence-electron chi connectivity index (χ2n) is 3.09. The number of nitrogens with two attached hydrogens (primary N) is 2. The largest absolute Gasteiger partial charge is 0.330 e. The van der Waals surface area contributed by atoms with Crippen LogP contribution in [0, 0.1) is 5.92 Å². The summed E-state index contributed by atoms with van der Waals surface area (Å²) in [6.07, 6.45) is 3.37. The quantitative estimate of drug-likeness (QED) is 0.607. The normalized spacial score (nSPS) is 16.8. The first-order valence-electron chi connectivity index (χ1n) is 4.16. The zero-order chi connectivity index (χ0) is 7.98. The van der Waals surface area contributed by atoms with Crippen molar-refractivity contribution in [3.05, 3.63) is 0 Å². The Bertz CT molecular complexity index is 63.7. The lowest BCUT2D eigenvalue weighted by Crippen LogP contribution is -2.21. The summed E-state index contributed by atoms with van der Waals surface area (Å²) in [5, 5.41) is 0. The highest BCUT2D eigenvalue weighted by atomic mass is 14.6. The van der Waals surface area contributed by atoms with E-state index in [0.717, 1.165) is 19.4 Å². The molecule has 0 fully saturated rings. The van der Waals surface area contributed by atoms with Crippen LogP contribution in [0.2, 0.25) is 0 Å². The van der Waals surface area contributed by atoms with Crippen LogP contribution in [0.3, 0.4) is 0 Å². The molecule has 0 aliphatic heterocycles. The maximum Gasteiger partial charge on any atom is 0.00363 e. The molecule has 0 radical (unpaired) electrons. The molecule has 0 rings (SSSR count). The molecular weight excluding hydrogens is 124 g/mol. The first kappa shape index (κ1) is 9.92. The Kier molecular flexibility index (Phi) is 5.64. The Morgan fingerprint density at radius 2 is 1.90 bits per heavy atom. The van der Waals surface area contributed by atoms with Gasteiger partial charge in [-0.1, -0.05) is 13.8 Å². The van der Waals surface area contributed by atoms with Gasteiger partial charge < -0.3 is 11.5 Å². The highest BCUT2D eigenvalue weighted by Gasteiger charge is 2.02. The van der Waals surface area contributed by atoms with Crippen molar-refractivity contribution in [3.63, 3.8) is 0 Å². The SMILES string of the molecule is CC[C@@H](N)CCC(C)CN. The molecule has 0 aromatic carbocycles. The van der Waals surface area contributed by atoms with Gasteiger partial charge in [-0.3, -0.25) is 0 Å². The highest BCUT2D eigenvalue weighted by Crippen LogP contribution is 2.06. The maximum atomic E-state index is 5.74. The fourth-order valence-electron chi connectivity index (χ4n) is 0.821. The molecule has 0 heterocycles. The Morgan fingerprint density at radius 1 is 1.30 bits per heavy atom. The van der Waals surface area contributed by atoms with E-state index in [1.54, 1.807) is 0 Å². The van der Waals surface area contributed by atoms with E-state index in [-0.39, 0.29) is 0 Å². The maximum absolute atomic E-state index is 5.74. The van der Waals surface area contributed by atoms with Crippen LogP contribution >= 0.6 is 0 Å². The van der Waals surface area contributed by atoms with Crippen LogP contribution in [0.4, 0.5) is 0 Å². The van der Waals surface area contributed by atoms with Gasteiger partial charge in [0.05, 0.1) is 0 Å². The minimum absolute atomic E-state index is 0.383. The second-order valence-corrected chi connectivity index (χ2v) is 3.09. The van der Waals surface area contributed by atoms with Gasteiger partial charge in [0.1, 0.15) is 0 Å². The predicted octanol–water partition coefficient (Wildman–Crippen LogP) is 1.10. The molecule has 2 atom stereocenters. The summed E-state index contributed by atoms with van der Waals surface area (Å²) in [7, 11) is 0. The van der Waals surface area contributed by atoms with Gasteiger partial charge in [-0.05, 0) is 31.7 Å².